The van der Waals surface area contributed by atoms with Crippen molar-refractivity contribution < 1.29 is 10.2 Å². The van der Waals surface area contributed by atoms with Gasteiger partial charge in [-0.25, -0.2) is 0 Å². The first-order valence-electron chi connectivity index (χ1n) is 6.21. The first-order chi connectivity index (χ1) is 9.72. The third-order valence-corrected chi connectivity index (χ3v) is 2.93. The molecule has 104 valence electrons. The number of pyridine rings is 2. The van der Waals surface area contributed by atoms with Crippen LogP contribution >= 0.6 is 0 Å². The van der Waals surface area contributed by atoms with Crippen LogP contribution in [0.25, 0.3) is 0 Å². The molecule has 6 heteroatoms. The molecule has 0 saturated heterocycles. The Labute approximate surface area is 116 Å². The van der Waals surface area contributed by atoms with E-state index in [0.717, 1.165) is 5.56 Å². The molecule has 0 bridgehead atoms. The highest BCUT2D eigenvalue weighted by Crippen LogP contribution is 2.24. The lowest BCUT2D eigenvalue weighted by Gasteiger charge is -2.08. The van der Waals surface area contributed by atoms with Crippen LogP contribution in [-0.2, 0) is 19.7 Å². The van der Waals surface area contributed by atoms with Crippen LogP contribution in [0.3, 0.4) is 0 Å². The summed E-state index contributed by atoms with van der Waals surface area (Å²) in [5, 5.41) is 27.3. The summed E-state index contributed by atoms with van der Waals surface area (Å²) in [7, 11) is 0. The number of hydrogen-bond donors (Lipinski definition) is 2. The first kappa shape index (κ1) is 14.1. The van der Waals surface area contributed by atoms with E-state index in [1.165, 1.54) is 0 Å². The van der Waals surface area contributed by atoms with Crippen molar-refractivity contribution in [2.45, 2.75) is 26.6 Å². The van der Waals surface area contributed by atoms with Crippen molar-refractivity contribution in [2.24, 2.45) is 10.2 Å². The summed E-state index contributed by atoms with van der Waals surface area (Å²) < 4.78 is 0. The van der Waals surface area contributed by atoms with Crippen LogP contribution in [0, 0.1) is 6.92 Å². The van der Waals surface area contributed by atoms with E-state index in [1.807, 2.05) is 12.1 Å². The van der Waals surface area contributed by atoms with E-state index in [9.17, 15) is 10.2 Å². The molecule has 0 aliphatic rings. The molecule has 0 spiro atoms. The number of aryl methyl sites for hydroxylation is 1. The standard InChI is InChI=1S/C14H16N4O2/c1-10-14(20)13(12(9-19)7-16-10)8-18-17-6-11-2-4-15-5-3-11/h2-5,7,19-20H,6,8-9H2,1H3. The van der Waals surface area contributed by atoms with E-state index >= 15 is 0 Å². The maximum Gasteiger partial charge on any atom is 0.142 e. The molecule has 0 fully saturated rings. The van der Waals surface area contributed by atoms with Gasteiger partial charge in [-0.2, -0.15) is 10.2 Å². The fourth-order valence-corrected chi connectivity index (χ4v) is 1.74. The van der Waals surface area contributed by atoms with E-state index in [-0.39, 0.29) is 18.9 Å². The van der Waals surface area contributed by atoms with Gasteiger partial charge >= 0.3 is 0 Å². The normalized spacial score (nSPS) is 11.1. The van der Waals surface area contributed by atoms with Gasteiger partial charge in [0.2, 0.25) is 0 Å². The molecule has 0 saturated carbocycles. The van der Waals surface area contributed by atoms with Gasteiger partial charge in [0.15, 0.2) is 0 Å². The fraction of sp³-hybridized carbons (Fsp3) is 0.286. The summed E-state index contributed by atoms with van der Waals surface area (Å²) in [6.07, 6.45) is 4.95. The average molecular weight is 272 g/mol. The molecule has 0 unspecified atom stereocenters. The minimum absolute atomic E-state index is 0.0689. The second-order valence-corrected chi connectivity index (χ2v) is 4.31. The summed E-state index contributed by atoms with van der Waals surface area (Å²) in [4.78, 5) is 7.92. The number of aromatic hydroxyl groups is 1. The fourth-order valence-electron chi connectivity index (χ4n) is 1.74. The molecule has 2 rings (SSSR count). The molecular formula is C14H16N4O2. The SMILES string of the molecule is Cc1ncc(CO)c(CN=NCc2ccncc2)c1O. The van der Waals surface area contributed by atoms with E-state index in [4.69, 9.17) is 0 Å². The van der Waals surface area contributed by atoms with Crippen molar-refractivity contribution in [2.75, 3.05) is 0 Å². The molecule has 0 aliphatic heterocycles. The van der Waals surface area contributed by atoms with Gasteiger partial charge in [-0.1, -0.05) is 0 Å². The number of aliphatic hydroxyl groups excluding tert-OH is 1. The first-order valence-corrected chi connectivity index (χ1v) is 6.21. The molecule has 20 heavy (non-hydrogen) atoms. The Kier molecular flexibility index (Phi) is 4.73. The molecule has 0 aliphatic carbocycles. The lowest BCUT2D eigenvalue weighted by atomic mass is 10.1. The second-order valence-electron chi connectivity index (χ2n) is 4.31. The summed E-state index contributed by atoms with van der Waals surface area (Å²) in [6, 6.07) is 3.73. The van der Waals surface area contributed by atoms with Crippen LogP contribution in [-0.4, -0.2) is 20.2 Å². The summed E-state index contributed by atoms with van der Waals surface area (Å²) >= 11 is 0. The van der Waals surface area contributed by atoms with Crippen LogP contribution in [0.4, 0.5) is 0 Å². The monoisotopic (exact) mass is 272 g/mol. The van der Waals surface area contributed by atoms with Gasteiger partial charge in [0, 0.05) is 29.7 Å². The molecule has 2 heterocycles. The van der Waals surface area contributed by atoms with Crippen LogP contribution in [0.1, 0.15) is 22.4 Å². The van der Waals surface area contributed by atoms with Crippen LogP contribution in [0.15, 0.2) is 41.0 Å². The van der Waals surface area contributed by atoms with Gasteiger partial charge in [-0.15, -0.1) is 0 Å². The second kappa shape index (κ2) is 6.72. The van der Waals surface area contributed by atoms with Crippen LogP contribution in [0.5, 0.6) is 5.75 Å². The maximum absolute atomic E-state index is 9.94. The zero-order chi connectivity index (χ0) is 14.4. The van der Waals surface area contributed by atoms with E-state index in [2.05, 4.69) is 20.2 Å². The number of aromatic nitrogens is 2. The number of aliphatic hydroxyl groups is 1. The van der Waals surface area contributed by atoms with Gasteiger partial charge in [0.05, 0.1) is 25.4 Å². The molecule has 0 atom stereocenters. The van der Waals surface area contributed by atoms with E-state index in [1.54, 1.807) is 25.5 Å². The predicted molar refractivity (Wildman–Crippen MR) is 73.1 cm³/mol. The third-order valence-electron chi connectivity index (χ3n) is 2.93. The van der Waals surface area contributed by atoms with Gasteiger partial charge in [-0.3, -0.25) is 9.97 Å². The highest BCUT2D eigenvalue weighted by molar-refractivity contribution is 5.40. The Balaban J connectivity index is 2.05. The molecule has 2 aromatic rings. The topological polar surface area (TPSA) is 91.0 Å². The number of hydrogen-bond acceptors (Lipinski definition) is 6. The zero-order valence-corrected chi connectivity index (χ0v) is 11.2. The van der Waals surface area contributed by atoms with Gasteiger partial charge < -0.3 is 10.2 Å². The van der Waals surface area contributed by atoms with Gasteiger partial charge in [0.25, 0.3) is 0 Å². The predicted octanol–water partition coefficient (Wildman–Crippen LogP) is 2.14. The van der Waals surface area contributed by atoms with Crippen molar-refractivity contribution in [1.29, 1.82) is 0 Å². The molecule has 6 nitrogen and oxygen atoms in total. The highest BCUT2D eigenvalue weighted by atomic mass is 16.3. The number of nitrogens with zero attached hydrogens (tertiary/aromatic N) is 4. The van der Waals surface area contributed by atoms with Crippen LogP contribution in [0.2, 0.25) is 0 Å². The van der Waals surface area contributed by atoms with Crippen molar-refractivity contribution in [1.82, 2.24) is 9.97 Å². The maximum atomic E-state index is 9.94. The van der Waals surface area contributed by atoms with Gasteiger partial charge in [0.1, 0.15) is 5.75 Å². The number of rotatable bonds is 5. The summed E-state index contributed by atoms with van der Waals surface area (Å²) in [6.45, 7) is 2.20. The molecule has 0 radical (unpaired) electrons. The Morgan fingerprint density at radius 2 is 1.85 bits per heavy atom. The molecule has 0 aromatic carbocycles. The minimum atomic E-state index is -0.184. The van der Waals surface area contributed by atoms with Crippen molar-refractivity contribution in [3.05, 3.63) is 53.1 Å². The largest absolute Gasteiger partial charge is 0.506 e. The Morgan fingerprint density at radius 3 is 2.55 bits per heavy atom. The molecule has 0 amide bonds. The Morgan fingerprint density at radius 1 is 1.15 bits per heavy atom. The lowest BCUT2D eigenvalue weighted by molar-refractivity contribution is 0.279. The minimum Gasteiger partial charge on any atom is -0.506 e. The Bertz CT molecular complexity index is 600. The lowest BCUT2D eigenvalue weighted by Crippen LogP contribution is -1.97. The van der Waals surface area contributed by atoms with Crippen molar-refractivity contribution >= 4 is 0 Å². The highest BCUT2D eigenvalue weighted by Gasteiger charge is 2.10. The van der Waals surface area contributed by atoms with Crippen LogP contribution < -0.4 is 0 Å². The summed E-state index contributed by atoms with van der Waals surface area (Å²) in [5.41, 5.74) is 2.66. The zero-order valence-electron chi connectivity index (χ0n) is 11.2. The smallest absolute Gasteiger partial charge is 0.142 e. The molecular weight excluding hydrogens is 256 g/mol. The quantitative estimate of drug-likeness (QED) is 0.816. The van der Waals surface area contributed by atoms with Gasteiger partial charge in [-0.05, 0) is 24.6 Å². The summed E-state index contributed by atoms with van der Waals surface area (Å²) in [5.74, 6) is 0.0689. The van der Waals surface area contributed by atoms with E-state index < -0.39 is 0 Å². The molecule has 2 aromatic heterocycles. The third kappa shape index (κ3) is 3.36. The average Bonchev–Trinajstić information content (AvgIpc) is 2.49. The molecule has 2 N–H and O–H groups in total. The Hall–Kier alpha value is -2.34. The van der Waals surface area contributed by atoms with Crippen molar-refractivity contribution in [3.63, 3.8) is 0 Å². The van der Waals surface area contributed by atoms with E-state index in [0.29, 0.717) is 23.4 Å². The van der Waals surface area contributed by atoms with Crippen molar-refractivity contribution in [3.8, 4) is 5.75 Å². The number of azo groups is 1.